The fraction of sp³-hybridized carbons (Fsp3) is 1.00. The van der Waals surface area contributed by atoms with Gasteiger partial charge in [0.25, 0.3) is 0 Å². The van der Waals surface area contributed by atoms with Crippen LogP contribution in [0.3, 0.4) is 0 Å². The molecule has 0 aromatic rings. The molecule has 0 fully saturated rings. The maximum Gasteiger partial charge on any atom is -0.0809 e. The Morgan fingerprint density at radius 1 is 1.08 bits per heavy atom. The molecular formula is C8H19AlO3. The average Bonchev–Trinajstić information content (AvgIpc) is 1.87. The van der Waals surface area contributed by atoms with E-state index in [0.717, 1.165) is 0 Å². The van der Waals surface area contributed by atoms with E-state index in [0.29, 0.717) is 12.2 Å². The summed E-state index contributed by atoms with van der Waals surface area (Å²) >= 11 is -0.245. The van der Waals surface area contributed by atoms with Gasteiger partial charge < -0.3 is 5.11 Å². The maximum atomic E-state index is 8.93. The van der Waals surface area contributed by atoms with Gasteiger partial charge in [-0.05, 0) is 0 Å². The number of rotatable bonds is 4. The van der Waals surface area contributed by atoms with E-state index in [2.05, 4.69) is 0 Å². The molecule has 0 aliphatic rings. The van der Waals surface area contributed by atoms with Crippen molar-refractivity contribution in [1.29, 1.82) is 0 Å². The molecule has 72 valence electrons. The average molecular weight is 190 g/mol. The van der Waals surface area contributed by atoms with Crippen LogP contribution < -0.4 is 5.11 Å². The van der Waals surface area contributed by atoms with Gasteiger partial charge in [0, 0.05) is 0 Å². The van der Waals surface area contributed by atoms with Gasteiger partial charge in [0.15, 0.2) is 0 Å². The molecule has 3 nitrogen and oxygen atoms in total. The van der Waals surface area contributed by atoms with Crippen LogP contribution in [-0.2, 0) is 7.58 Å². The van der Waals surface area contributed by atoms with Crippen LogP contribution in [0.1, 0.15) is 34.6 Å². The Hall–Kier alpha value is 0.412. The Morgan fingerprint density at radius 2 is 1.33 bits per heavy atom. The van der Waals surface area contributed by atoms with Crippen molar-refractivity contribution >= 4 is 15.9 Å². The van der Waals surface area contributed by atoms with E-state index < -0.39 is 0 Å². The molecule has 0 spiro atoms. The zero-order chi connectivity index (χ0) is 9.98. The Morgan fingerprint density at radius 3 is 1.50 bits per heavy atom. The second-order valence-corrected chi connectivity index (χ2v) is 3.49. The summed E-state index contributed by atoms with van der Waals surface area (Å²) in [5.41, 5.74) is 0. The largest absolute Gasteiger partial charge is 0.855 e. The van der Waals surface area contributed by atoms with Gasteiger partial charge in [0.2, 0.25) is 0 Å². The summed E-state index contributed by atoms with van der Waals surface area (Å²) in [5.74, 6) is 0. The SMILES string of the molecule is CC(C)[O][Al+][O]C(C)C.CC[O-]. The van der Waals surface area contributed by atoms with E-state index in [4.69, 9.17) is 12.7 Å². The molecule has 4 heteroatoms. The summed E-state index contributed by atoms with van der Waals surface area (Å²) in [6.45, 7) is 9.61. The predicted octanol–water partition coefficient (Wildman–Crippen LogP) is 0.737. The molecule has 12 heavy (non-hydrogen) atoms. The molecule has 0 aromatic heterocycles. The van der Waals surface area contributed by atoms with E-state index in [1.54, 1.807) is 6.92 Å². The van der Waals surface area contributed by atoms with Crippen LogP contribution in [0.4, 0.5) is 0 Å². The summed E-state index contributed by atoms with van der Waals surface area (Å²) in [5, 5.41) is 8.93. The van der Waals surface area contributed by atoms with Gasteiger partial charge >= 0.3 is 63.4 Å². The van der Waals surface area contributed by atoms with Crippen molar-refractivity contribution in [2.45, 2.75) is 46.8 Å². The first-order chi connectivity index (χ1) is 5.54. The van der Waals surface area contributed by atoms with Crippen LogP contribution in [0.5, 0.6) is 0 Å². The van der Waals surface area contributed by atoms with E-state index >= 15 is 0 Å². The fourth-order valence-electron chi connectivity index (χ4n) is 0.254. The molecule has 0 bridgehead atoms. The monoisotopic (exact) mass is 190 g/mol. The van der Waals surface area contributed by atoms with Crippen LogP contribution in [0, 0.1) is 0 Å². The van der Waals surface area contributed by atoms with E-state index in [1.165, 1.54) is 0 Å². The van der Waals surface area contributed by atoms with Gasteiger partial charge in [0.1, 0.15) is 0 Å². The molecule has 0 heterocycles. The molecule has 0 aromatic carbocycles. The quantitative estimate of drug-likeness (QED) is 0.614. The van der Waals surface area contributed by atoms with Crippen LogP contribution in [0.2, 0.25) is 0 Å². The minimum atomic E-state index is -0.245. The molecule has 0 unspecified atom stereocenters. The van der Waals surface area contributed by atoms with Crippen molar-refractivity contribution in [3.8, 4) is 0 Å². The predicted molar refractivity (Wildman–Crippen MR) is 48.7 cm³/mol. The molecule has 0 amide bonds. The van der Waals surface area contributed by atoms with E-state index in [9.17, 15) is 0 Å². The Labute approximate surface area is 82.5 Å². The molecule has 0 N–H and O–H groups in total. The second kappa shape index (κ2) is 11.4. The van der Waals surface area contributed by atoms with Gasteiger partial charge in [-0.25, -0.2) is 0 Å². The van der Waals surface area contributed by atoms with Crippen LogP contribution in [0.25, 0.3) is 0 Å². The molecule has 0 saturated carbocycles. The van der Waals surface area contributed by atoms with Gasteiger partial charge in [-0.1, -0.05) is 6.92 Å². The van der Waals surface area contributed by atoms with Crippen molar-refractivity contribution in [2.75, 3.05) is 6.61 Å². The normalized spacial score (nSPS) is 9.33. The minimum Gasteiger partial charge on any atom is -0.855 e. The number of hydrogen-bond donors (Lipinski definition) is 0. The maximum absolute atomic E-state index is 8.93. The van der Waals surface area contributed by atoms with Gasteiger partial charge in [-0.15, -0.1) is 6.61 Å². The Kier molecular flexibility index (Phi) is 14.2. The third kappa shape index (κ3) is 22.4. The summed E-state index contributed by atoms with van der Waals surface area (Å²) < 4.78 is 10.4. The Balaban J connectivity index is 0. The molecule has 0 rings (SSSR count). The minimum absolute atomic E-state index is 0. The van der Waals surface area contributed by atoms with Crippen molar-refractivity contribution in [3.63, 3.8) is 0 Å². The first-order valence-corrected chi connectivity index (χ1v) is 5.19. The standard InChI is InChI=1S/2C3H7O.C2H5O.Al/c2*1-3(2)4;1-2-3;/h2*3H,1-2H3;2H2,1H3;/q3*-1;+3. The van der Waals surface area contributed by atoms with Crippen LogP contribution >= 0.6 is 0 Å². The second-order valence-electron chi connectivity index (χ2n) is 2.75. The third-order valence-electron chi connectivity index (χ3n) is 0.655. The molecule has 0 radical (unpaired) electrons. The zero-order valence-corrected chi connectivity index (χ0v) is 9.82. The molecule has 0 saturated heterocycles. The van der Waals surface area contributed by atoms with Gasteiger partial charge in [-0.2, -0.15) is 0 Å². The van der Waals surface area contributed by atoms with Gasteiger partial charge in [-0.3, -0.25) is 0 Å². The Bertz CT molecular complexity index is 68.7. The van der Waals surface area contributed by atoms with Crippen LogP contribution in [-0.4, -0.2) is 34.7 Å². The summed E-state index contributed by atoms with van der Waals surface area (Å²) in [6, 6.07) is 0. The number of hydrogen-bond acceptors (Lipinski definition) is 3. The van der Waals surface area contributed by atoms with Crippen LogP contribution in [0.15, 0.2) is 0 Å². The smallest absolute Gasteiger partial charge is 0.0809 e. The summed E-state index contributed by atoms with van der Waals surface area (Å²) in [4.78, 5) is 0. The van der Waals surface area contributed by atoms with E-state index in [1.807, 2.05) is 27.7 Å². The molecular weight excluding hydrogens is 171 g/mol. The summed E-state index contributed by atoms with van der Waals surface area (Å²) in [7, 11) is 0. The van der Waals surface area contributed by atoms with Crippen molar-refractivity contribution in [3.05, 3.63) is 0 Å². The van der Waals surface area contributed by atoms with Crippen molar-refractivity contribution in [2.24, 2.45) is 0 Å². The van der Waals surface area contributed by atoms with Gasteiger partial charge in [0.05, 0.1) is 0 Å². The third-order valence-corrected chi connectivity index (χ3v) is 1.97. The zero-order valence-electron chi connectivity index (χ0n) is 8.66. The topological polar surface area (TPSA) is 41.5 Å². The molecule has 0 aliphatic heterocycles. The summed E-state index contributed by atoms with van der Waals surface area (Å²) in [6.07, 6.45) is 0.609. The molecule has 0 atom stereocenters. The first kappa shape index (κ1) is 14.9. The molecule has 0 aliphatic carbocycles. The van der Waals surface area contributed by atoms with E-state index in [-0.39, 0.29) is 22.5 Å². The van der Waals surface area contributed by atoms with Crippen molar-refractivity contribution in [1.82, 2.24) is 0 Å². The van der Waals surface area contributed by atoms with Crippen molar-refractivity contribution < 1.29 is 12.7 Å². The first-order valence-electron chi connectivity index (χ1n) is 4.25. The fourth-order valence-corrected chi connectivity index (χ4v) is 0.763.